The number of carbonyl (C=O) groups is 2. The van der Waals surface area contributed by atoms with Crippen molar-refractivity contribution in [3.8, 4) is 0 Å². The Hall–Kier alpha value is -1.94. The fourth-order valence-electron chi connectivity index (χ4n) is 8.77. The van der Waals surface area contributed by atoms with E-state index in [4.69, 9.17) is 4.74 Å². The van der Waals surface area contributed by atoms with Gasteiger partial charge in [0.15, 0.2) is 23.3 Å². The van der Waals surface area contributed by atoms with Crippen LogP contribution in [0.1, 0.15) is 74.7 Å². The summed E-state index contributed by atoms with van der Waals surface area (Å²) in [6.45, 7) is 3.20. The van der Waals surface area contributed by atoms with E-state index in [1.165, 1.54) is 35.3 Å². The number of halogens is 2. The molecule has 0 saturated heterocycles. The van der Waals surface area contributed by atoms with Crippen LogP contribution in [0.2, 0.25) is 0 Å². The summed E-state index contributed by atoms with van der Waals surface area (Å²) in [4.78, 5) is 26.2. The summed E-state index contributed by atoms with van der Waals surface area (Å²) < 4.78 is 39.1. The number of allylic oxidation sites excluding steroid dienone is 4. The number of carbonyl (C=O) groups excluding carboxylic acids is 1. The number of hydrogen-bond acceptors (Lipinski definition) is 6. The molecule has 3 N–H and O–H groups in total. The molecule has 1 aromatic heterocycles. The van der Waals surface area contributed by atoms with Crippen molar-refractivity contribution in [1.82, 2.24) is 0 Å². The van der Waals surface area contributed by atoms with E-state index in [0.717, 1.165) is 37.3 Å². The molecule has 38 heavy (non-hydrogen) atoms. The summed E-state index contributed by atoms with van der Waals surface area (Å²) >= 11 is 1.54. The number of hydrogen-bond donors (Lipinski definition) is 3. The summed E-state index contributed by atoms with van der Waals surface area (Å²) in [5.74, 6) is -3.30. The van der Waals surface area contributed by atoms with Crippen molar-refractivity contribution < 1.29 is 38.4 Å². The Balaban J connectivity index is 1.39. The van der Waals surface area contributed by atoms with Gasteiger partial charge in [0.05, 0.1) is 6.10 Å². The lowest BCUT2D eigenvalue weighted by atomic mass is 9.44. The minimum atomic E-state index is -2.29. The monoisotopic (exact) mass is 548 g/mol. The highest BCUT2D eigenvalue weighted by atomic mass is 32.1. The summed E-state index contributed by atoms with van der Waals surface area (Å²) in [6.07, 6.45) is 2.58. The number of aryl methyl sites for hydroxylation is 1. The third-order valence-corrected chi connectivity index (χ3v) is 11.9. The van der Waals surface area contributed by atoms with E-state index in [1.807, 2.05) is 5.38 Å². The largest absolute Gasteiger partial charge is 0.479 e. The number of rotatable bonds is 4. The van der Waals surface area contributed by atoms with Crippen molar-refractivity contribution >= 4 is 23.1 Å². The zero-order valence-electron chi connectivity index (χ0n) is 21.6. The molecule has 3 fully saturated rings. The Morgan fingerprint density at radius 2 is 1.97 bits per heavy atom. The Morgan fingerprint density at radius 1 is 1.24 bits per heavy atom. The minimum Gasteiger partial charge on any atom is -0.479 e. The molecule has 0 aliphatic heterocycles. The van der Waals surface area contributed by atoms with Gasteiger partial charge >= 0.3 is 5.97 Å². The first-order valence-electron chi connectivity index (χ1n) is 13.5. The maximum absolute atomic E-state index is 17.3. The van der Waals surface area contributed by atoms with E-state index in [2.05, 4.69) is 0 Å². The number of thiophene rings is 1. The van der Waals surface area contributed by atoms with Gasteiger partial charge < -0.3 is 20.1 Å². The third-order valence-electron chi connectivity index (χ3n) is 10.8. The van der Waals surface area contributed by atoms with Crippen molar-refractivity contribution in [3.63, 3.8) is 0 Å². The maximum Gasteiger partial charge on any atom is 0.336 e. The quantitative estimate of drug-likeness (QED) is 0.468. The molecule has 5 aliphatic carbocycles. The van der Waals surface area contributed by atoms with Crippen molar-refractivity contribution in [2.75, 3.05) is 0 Å². The molecule has 0 amide bonds. The topological polar surface area (TPSA) is 104 Å². The van der Waals surface area contributed by atoms with Crippen LogP contribution in [0.3, 0.4) is 0 Å². The van der Waals surface area contributed by atoms with Crippen LogP contribution in [0.4, 0.5) is 8.78 Å². The number of carboxylic acids is 1. The summed E-state index contributed by atoms with van der Waals surface area (Å²) in [5, 5.41) is 35.1. The predicted molar refractivity (Wildman–Crippen MR) is 136 cm³/mol. The van der Waals surface area contributed by atoms with Crippen LogP contribution in [-0.2, 0) is 27.2 Å². The van der Waals surface area contributed by atoms with Crippen molar-refractivity contribution in [1.29, 1.82) is 0 Å². The molecular weight excluding hydrogens is 514 g/mol. The normalized spacial score (nSPS) is 44.5. The molecule has 9 heteroatoms. The first-order chi connectivity index (χ1) is 17.9. The summed E-state index contributed by atoms with van der Waals surface area (Å²) in [7, 11) is 0. The van der Waals surface area contributed by atoms with Crippen molar-refractivity contribution in [2.45, 2.75) is 95.0 Å². The second kappa shape index (κ2) is 8.53. The smallest absolute Gasteiger partial charge is 0.336 e. The average molecular weight is 549 g/mol. The van der Waals surface area contributed by atoms with Crippen LogP contribution < -0.4 is 0 Å². The predicted octanol–water partition coefficient (Wildman–Crippen LogP) is 4.78. The number of fused-ring (bicyclic) bond motifs is 6. The van der Waals surface area contributed by atoms with Crippen LogP contribution in [-0.4, -0.2) is 50.6 Å². The molecule has 0 spiro atoms. The number of aliphatic carboxylic acids is 1. The zero-order valence-corrected chi connectivity index (χ0v) is 22.4. The van der Waals surface area contributed by atoms with Crippen LogP contribution in [0, 0.1) is 22.7 Å². The van der Waals surface area contributed by atoms with Gasteiger partial charge in [-0.15, -0.1) is 11.3 Å². The molecule has 9 atom stereocenters. The van der Waals surface area contributed by atoms with Gasteiger partial charge in [-0.3, -0.25) is 4.79 Å². The highest BCUT2D eigenvalue weighted by molar-refractivity contribution is 7.10. The van der Waals surface area contributed by atoms with E-state index in [9.17, 15) is 24.9 Å². The standard InChI is InChI=1S/C29H34F2O6S/c1-26-9-7-15(32)11-20(26)21(30)12-19-18-8-10-28(25(35)36,27(18,2)13-23(33)29(19,26)31)37-24(34)17-14-38-22-6-4-3-5-16(17)22/h7,9,11,14,18-19,21,23-24,33-34H,3-6,8,10,12-13H2,1-2H3,(H,35,36)/t18?,19?,21-,23?,24?,26?,27?,28?,29-/m0/s1. The second-order valence-corrected chi connectivity index (χ2v) is 13.3. The van der Waals surface area contributed by atoms with Crippen molar-refractivity contribution in [3.05, 3.63) is 45.2 Å². The van der Waals surface area contributed by atoms with Gasteiger partial charge in [-0.2, -0.15) is 0 Å². The van der Waals surface area contributed by atoms with Crippen molar-refractivity contribution in [2.24, 2.45) is 22.7 Å². The zero-order chi connectivity index (χ0) is 27.3. The average Bonchev–Trinajstić information content (AvgIpc) is 3.42. The molecule has 206 valence electrons. The van der Waals surface area contributed by atoms with Crippen LogP contribution in [0.5, 0.6) is 0 Å². The molecule has 6 nitrogen and oxygen atoms in total. The first-order valence-corrected chi connectivity index (χ1v) is 14.4. The van der Waals surface area contributed by atoms with Crippen LogP contribution >= 0.6 is 11.3 Å². The highest BCUT2D eigenvalue weighted by Crippen LogP contribution is 2.70. The fourth-order valence-corrected chi connectivity index (χ4v) is 9.92. The van der Waals surface area contributed by atoms with Crippen LogP contribution in [0.15, 0.2) is 29.2 Å². The SMILES string of the molecule is CC12CC(O)[C@@]3(F)C(C[C@H](F)C4=CC(=O)C=CC43C)C1CCC2(OC(O)c1csc2c1CCCC2)C(=O)O. The Morgan fingerprint density at radius 3 is 2.71 bits per heavy atom. The number of carboxylic acid groups (broad SMARTS) is 1. The van der Waals surface area contributed by atoms with Gasteiger partial charge in [-0.05, 0) is 92.9 Å². The van der Waals surface area contributed by atoms with Crippen LogP contribution in [0.25, 0.3) is 0 Å². The number of aliphatic hydroxyl groups is 2. The third kappa shape index (κ3) is 3.19. The Kier molecular flexibility index (Phi) is 5.90. The molecule has 1 aromatic rings. The minimum absolute atomic E-state index is 0.0108. The van der Waals surface area contributed by atoms with Gasteiger partial charge in [0.1, 0.15) is 6.17 Å². The van der Waals surface area contributed by atoms with Gasteiger partial charge in [0.25, 0.3) is 0 Å². The summed E-state index contributed by atoms with van der Waals surface area (Å²) in [5.41, 5.74) is -5.35. The molecule has 5 aliphatic rings. The van der Waals surface area contributed by atoms with E-state index >= 15 is 8.78 Å². The second-order valence-electron chi connectivity index (χ2n) is 12.3. The highest BCUT2D eigenvalue weighted by Gasteiger charge is 2.76. The van der Waals surface area contributed by atoms with E-state index in [1.54, 1.807) is 6.92 Å². The molecule has 6 rings (SSSR count). The maximum atomic E-state index is 17.3. The Bertz CT molecular complexity index is 1260. The van der Waals surface area contributed by atoms with Gasteiger partial charge in [0, 0.05) is 27.2 Å². The molecule has 0 radical (unpaired) electrons. The number of aliphatic hydroxyl groups excluding tert-OH is 2. The lowest BCUT2D eigenvalue weighted by molar-refractivity contribution is -0.266. The molecule has 3 saturated carbocycles. The van der Waals surface area contributed by atoms with E-state index in [0.29, 0.717) is 5.56 Å². The first kappa shape index (κ1) is 26.3. The number of ether oxygens (including phenoxy) is 1. The molecular formula is C29H34F2O6S. The summed E-state index contributed by atoms with van der Waals surface area (Å²) in [6, 6.07) is 0. The molecule has 0 aromatic carbocycles. The van der Waals surface area contributed by atoms with Gasteiger partial charge in [-0.1, -0.05) is 13.0 Å². The lowest BCUT2D eigenvalue weighted by Crippen LogP contribution is -2.70. The van der Waals surface area contributed by atoms with Gasteiger partial charge in [0.2, 0.25) is 0 Å². The van der Waals surface area contributed by atoms with Gasteiger partial charge in [-0.25, -0.2) is 13.6 Å². The van der Waals surface area contributed by atoms with E-state index in [-0.39, 0.29) is 31.3 Å². The molecule has 1 heterocycles. The number of alkyl halides is 2. The Labute approximate surface area is 224 Å². The van der Waals surface area contributed by atoms with E-state index < -0.39 is 64.3 Å². The fraction of sp³-hybridized carbons (Fsp3) is 0.655. The molecule has 0 bridgehead atoms. The molecule has 7 unspecified atom stereocenters. The lowest BCUT2D eigenvalue weighted by Gasteiger charge is -2.63. The number of ketones is 1.